The highest BCUT2D eigenvalue weighted by Gasteiger charge is 2.34. The number of halogens is 4. The van der Waals surface area contributed by atoms with Gasteiger partial charge in [-0.05, 0) is 36.4 Å². The molecule has 1 aromatic heterocycles. The lowest BCUT2D eigenvalue weighted by Gasteiger charge is -2.35. The van der Waals surface area contributed by atoms with Crippen LogP contribution in [0.25, 0.3) is 0 Å². The van der Waals surface area contributed by atoms with Gasteiger partial charge in [-0.25, -0.2) is 4.39 Å². The summed E-state index contributed by atoms with van der Waals surface area (Å²) in [5.41, 5.74) is 4.84. The Kier molecular flexibility index (Phi) is 6.64. The molecule has 0 amide bonds. The van der Waals surface area contributed by atoms with Gasteiger partial charge in [0.15, 0.2) is 0 Å². The van der Waals surface area contributed by atoms with E-state index >= 15 is 0 Å². The van der Waals surface area contributed by atoms with E-state index < -0.39 is 22.4 Å². The van der Waals surface area contributed by atoms with Crippen LogP contribution in [-0.4, -0.2) is 51.0 Å². The number of nitrogen functional groups attached to an aromatic ring is 1. The first-order valence-electron chi connectivity index (χ1n) is 10.4. The van der Waals surface area contributed by atoms with Crippen LogP contribution in [0.2, 0.25) is 0 Å². The molecule has 0 unspecified atom stereocenters. The third-order valence-electron chi connectivity index (χ3n) is 5.38. The fraction of sp³-hybridized carbons (Fsp3) is 0.286. The fourth-order valence-corrected chi connectivity index (χ4v) is 3.69. The van der Waals surface area contributed by atoms with E-state index in [0.717, 1.165) is 12.1 Å². The van der Waals surface area contributed by atoms with Gasteiger partial charge in [-0.3, -0.25) is 15.0 Å². The van der Waals surface area contributed by atoms with Crippen LogP contribution in [-0.2, 0) is 12.7 Å². The maximum atomic E-state index is 13.1. The van der Waals surface area contributed by atoms with Gasteiger partial charge in [-0.2, -0.15) is 28.1 Å². The molecule has 3 aromatic rings. The molecule has 10 nitrogen and oxygen atoms in total. The minimum absolute atomic E-state index is 0.00127. The number of nitrogens with zero attached hydrogens (tertiary/aromatic N) is 6. The summed E-state index contributed by atoms with van der Waals surface area (Å²) in [6, 6.07) is 8.16. The summed E-state index contributed by atoms with van der Waals surface area (Å²) in [5.74, 6) is 0.194. The molecule has 0 aliphatic carbocycles. The third-order valence-corrected chi connectivity index (χ3v) is 5.38. The lowest BCUT2D eigenvalue weighted by atomic mass is 10.1. The molecule has 2 aromatic carbocycles. The number of alkyl halides is 3. The summed E-state index contributed by atoms with van der Waals surface area (Å²) in [7, 11) is 0. The van der Waals surface area contributed by atoms with E-state index in [9.17, 15) is 27.7 Å². The second-order valence-electron chi connectivity index (χ2n) is 7.79. The van der Waals surface area contributed by atoms with E-state index in [1.165, 1.54) is 24.3 Å². The monoisotopic (exact) mass is 492 g/mol. The quantitative estimate of drug-likeness (QED) is 0.302. The van der Waals surface area contributed by atoms with Crippen molar-refractivity contribution in [1.82, 2.24) is 19.9 Å². The Morgan fingerprint density at radius 1 is 1.03 bits per heavy atom. The second kappa shape index (κ2) is 9.66. The maximum absolute atomic E-state index is 13.1. The zero-order valence-electron chi connectivity index (χ0n) is 18.2. The van der Waals surface area contributed by atoms with Crippen LogP contribution in [0, 0.1) is 15.9 Å². The highest BCUT2D eigenvalue weighted by Crippen LogP contribution is 2.36. The van der Waals surface area contributed by atoms with Crippen molar-refractivity contribution < 1.29 is 22.5 Å². The lowest BCUT2D eigenvalue weighted by Crippen LogP contribution is -2.46. The molecule has 35 heavy (non-hydrogen) atoms. The molecule has 14 heteroatoms. The Balaban J connectivity index is 1.42. The highest BCUT2D eigenvalue weighted by molar-refractivity contribution is 5.65. The standard InChI is InChI=1S/C21H20F4N8O2/c22-14-2-4-15(5-3-14)27-20-29-18(28-19(26)30-20)12-31-7-9-32(10-8-31)16-6-1-13(21(23,24)25)11-17(16)33(34)35/h1-6,11H,7-10,12H2,(H3,26,27,28,29,30). The van der Waals surface area contributed by atoms with Crippen molar-refractivity contribution in [3.05, 3.63) is 69.8 Å². The van der Waals surface area contributed by atoms with E-state index in [2.05, 4.69) is 20.3 Å². The van der Waals surface area contributed by atoms with E-state index in [1.54, 1.807) is 4.90 Å². The number of aromatic nitrogens is 3. The summed E-state index contributed by atoms with van der Waals surface area (Å²) in [6.45, 7) is 1.95. The number of nitrogens with two attached hydrogens (primary N) is 1. The molecule has 3 N–H and O–H groups in total. The molecule has 0 saturated carbocycles. The maximum Gasteiger partial charge on any atom is 0.416 e. The predicted molar refractivity (Wildman–Crippen MR) is 120 cm³/mol. The summed E-state index contributed by atoms with van der Waals surface area (Å²) in [5, 5.41) is 14.3. The molecule has 4 rings (SSSR count). The van der Waals surface area contributed by atoms with Crippen molar-refractivity contribution in [1.29, 1.82) is 0 Å². The number of piperazine rings is 1. The van der Waals surface area contributed by atoms with Crippen LogP contribution in [0.1, 0.15) is 11.4 Å². The van der Waals surface area contributed by atoms with Crippen LogP contribution in [0.4, 0.5) is 46.5 Å². The molecule has 1 fully saturated rings. The smallest absolute Gasteiger partial charge is 0.368 e. The molecule has 0 spiro atoms. The summed E-state index contributed by atoms with van der Waals surface area (Å²) < 4.78 is 52.0. The number of rotatable bonds is 6. The molecule has 0 radical (unpaired) electrons. The zero-order chi connectivity index (χ0) is 25.2. The van der Waals surface area contributed by atoms with Crippen molar-refractivity contribution in [2.45, 2.75) is 12.7 Å². The van der Waals surface area contributed by atoms with Crippen molar-refractivity contribution in [3.63, 3.8) is 0 Å². The van der Waals surface area contributed by atoms with Crippen LogP contribution < -0.4 is 16.0 Å². The van der Waals surface area contributed by atoms with Crippen molar-refractivity contribution in [3.8, 4) is 0 Å². The first-order valence-corrected chi connectivity index (χ1v) is 10.4. The van der Waals surface area contributed by atoms with Crippen LogP contribution in [0.3, 0.4) is 0 Å². The number of nitro benzene ring substituents is 1. The third kappa shape index (κ3) is 5.90. The molecule has 0 bridgehead atoms. The molecule has 1 aliphatic rings. The van der Waals surface area contributed by atoms with Gasteiger partial charge in [0.2, 0.25) is 11.9 Å². The Labute approximate surface area is 196 Å². The minimum atomic E-state index is -4.67. The minimum Gasteiger partial charge on any atom is -0.368 e. The zero-order valence-corrected chi connectivity index (χ0v) is 18.2. The number of nitrogens with one attached hydrogen (secondary N) is 1. The van der Waals surface area contributed by atoms with Gasteiger partial charge in [0.25, 0.3) is 5.69 Å². The second-order valence-corrected chi connectivity index (χ2v) is 7.79. The SMILES string of the molecule is Nc1nc(CN2CCN(c3ccc(C(F)(F)F)cc3[N+](=O)[O-])CC2)nc(Nc2ccc(F)cc2)n1. The van der Waals surface area contributed by atoms with Gasteiger partial charge in [-0.1, -0.05) is 0 Å². The van der Waals surface area contributed by atoms with E-state index in [1.807, 2.05) is 4.90 Å². The van der Waals surface area contributed by atoms with Crippen molar-refractivity contribution in [2.75, 3.05) is 42.1 Å². The van der Waals surface area contributed by atoms with E-state index in [4.69, 9.17) is 5.73 Å². The first kappa shape index (κ1) is 24.1. The summed E-state index contributed by atoms with van der Waals surface area (Å²) in [4.78, 5) is 26.8. The molecule has 2 heterocycles. The Bertz CT molecular complexity index is 1210. The van der Waals surface area contributed by atoms with Crippen LogP contribution in [0.15, 0.2) is 42.5 Å². The van der Waals surface area contributed by atoms with Crippen molar-refractivity contribution in [2.24, 2.45) is 0 Å². The van der Waals surface area contributed by atoms with Gasteiger partial charge in [0.1, 0.15) is 17.3 Å². The molecule has 1 saturated heterocycles. The normalized spacial score (nSPS) is 14.7. The van der Waals surface area contributed by atoms with Crippen LogP contribution >= 0.6 is 0 Å². The Hall–Kier alpha value is -4.07. The molecular formula is C21H20F4N8O2. The Morgan fingerprint density at radius 3 is 2.34 bits per heavy atom. The first-order chi connectivity index (χ1) is 16.6. The fourth-order valence-electron chi connectivity index (χ4n) is 3.69. The number of benzene rings is 2. The van der Waals surface area contributed by atoms with Gasteiger partial charge in [0.05, 0.1) is 17.0 Å². The van der Waals surface area contributed by atoms with Crippen LogP contribution in [0.5, 0.6) is 0 Å². The predicted octanol–water partition coefficient (Wildman–Crippen LogP) is 3.59. The number of anilines is 4. The molecule has 184 valence electrons. The number of hydrogen-bond acceptors (Lipinski definition) is 9. The Morgan fingerprint density at radius 2 is 1.71 bits per heavy atom. The summed E-state index contributed by atoms with van der Waals surface area (Å²) >= 11 is 0. The van der Waals surface area contributed by atoms with Gasteiger partial charge in [-0.15, -0.1) is 0 Å². The summed E-state index contributed by atoms with van der Waals surface area (Å²) in [6.07, 6.45) is -4.67. The van der Waals surface area contributed by atoms with Gasteiger partial charge in [0, 0.05) is 37.9 Å². The number of hydrogen-bond donors (Lipinski definition) is 2. The lowest BCUT2D eigenvalue weighted by molar-refractivity contribution is -0.384. The topological polar surface area (TPSA) is 126 Å². The van der Waals surface area contributed by atoms with E-state index in [0.29, 0.717) is 50.3 Å². The van der Waals surface area contributed by atoms with Gasteiger partial charge >= 0.3 is 6.18 Å². The average Bonchev–Trinajstić information content (AvgIpc) is 2.80. The largest absolute Gasteiger partial charge is 0.416 e. The molecular weight excluding hydrogens is 472 g/mol. The van der Waals surface area contributed by atoms with Crippen molar-refractivity contribution >= 4 is 29.0 Å². The highest BCUT2D eigenvalue weighted by atomic mass is 19.4. The average molecular weight is 492 g/mol. The number of nitro groups is 1. The van der Waals surface area contributed by atoms with E-state index in [-0.39, 0.29) is 23.4 Å². The van der Waals surface area contributed by atoms with Gasteiger partial charge < -0.3 is 16.0 Å². The molecule has 0 atom stereocenters. The molecule has 1 aliphatic heterocycles.